The van der Waals surface area contributed by atoms with E-state index in [2.05, 4.69) is 4.98 Å². The van der Waals surface area contributed by atoms with Crippen molar-refractivity contribution in [2.75, 3.05) is 17.6 Å². The first-order chi connectivity index (χ1) is 8.10. The van der Waals surface area contributed by atoms with Gasteiger partial charge in [-0.15, -0.1) is 0 Å². The number of aliphatic hydroxyl groups excluding tert-OH is 1. The fraction of sp³-hybridized carbons (Fsp3) is 0.455. The van der Waals surface area contributed by atoms with Crippen LogP contribution in [0.25, 0.3) is 0 Å². The van der Waals surface area contributed by atoms with E-state index in [1.54, 1.807) is 26.0 Å². The average Bonchev–Trinajstić information content (AvgIpc) is 2.37. The highest BCUT2D eigenvalue weighted by Gasteiger charge is 2.13. The molecule has 0 amide bonds. The minimum Gasteiger partial charge on any atom is -0.462 e. The van der Waals surface area contributed by atoms with Crippen molar-refractivity contribution < 1.29 is 14.6 Å². The Morgan fingerprint density at radius 2 is 2.35 bits per heavy atom. The highest BCUT2D eigenvalue weighted by molar-refractivity contribution is 6.25. The van der Waals surface area contributed by atoms with Crippen LogP contribution < -0.4 is 4.42 Å². The molecule has 1 heterocycles. The van der Waals surface area contributed by atoms with Crippen LogP contribution in [0.5, 0.6) is 0 Å². The zero-order chi connectivity index (χ0) is 12.8. The lowest BCUT2D eigenvalue weighted by Crippen LogP contribution is -2.27. The van der Waals surface area contributed by atoms with E-state index in [-0.39, 0.29) is 12.6 Å². The van der Waals surface area contributed by atoms with Gasteiger partial charge in [0.2, 0.25) is 0 Å². The number of anilines is 1. The van der Waals surface area contributed by atoms with Gasteiger partial charge in [0, 0.05) is 18.0 Å². The molecule has 1 atom stereocenters. The topological polar surface area (TPSA) is 62.7 Å². The van der Waals surface area contributed by atoms with Crippen LogP contribution in [-0.2, 0) is 4.74 Å². The molecule has 0 aromatic carbocycles. The smallest absolute Gasteiger partial charge is 0.339 e. The SMILES string of the molecule is CCOC(=O)c1ccc(N(Cl)[C@H](C)CO)nc1. The molecule has 0 saturated heterocycles. The molecule has 0 aliphatic heterocycles. The van der Waals surface area contributed by atoms with E-state index in [1.165, 1.54) is 10.6 Å². The monoisotopic (exact) mass is 258 g/mol. The van der Waals surface area contributed by atoms with Gasteiger partial charge in [0.1, 0.15) is 5.82 Å². The molecule has 0 spiro atoms. The van der Waals surface area contributed by atoms with Crippen LogP contribution in [0.15, 0.2) is 18.3 Å². The summed E-state index contributed by atoms with van der Waals surface area (Å²) < 4.78 is 6.15. The fourth-order valence-corrected chi connectivity index (χ4v) is 1.31. The summed E-state index contributed by atoms with van der Waals surface area (Å²) in [6.07, 6.45) is 1.40. The van der Waals surface area contributed by atoms with Gasteiger partial charge in [0.25, 0.3) is 0 Å². The Morgan fingerprint density at radius 1 is 1.65 bits per heavy atom. The third kappa shape index (κ3) is 3.57. The van der Waals surface area contributed by atoms with Crippen LogP contribution in [-0.4, -0.2) is 35.3 Å². The van der Waals surface area contributed by atoms with E-state index >= 15 is 0 Å². The van der Waals surface area contributed by atoms with Gasteiger partial charge in [0.15, 0.2) is 0 Å². The van der Waals surface area contributed by atoms with Crippen molar-refractivity contribution in [1.29, 1.82) is 0 Å². The second kappa shape index (κ2) is 6.42. The van der Waals surface area contributed by atoms with Crippen LogP contribution in [0.1, 0.15) is 24.2 Å². The number of hydrogen-bond acceptors (Lipinski definition) is 5. The third-order valence-corrected chi connectivity index (χ3v) is 2.64. The van der Waals surface area contributed by atoms with E-state index in [1.807, 2.05) is 0 Å². The van der Waals surface area contributed by atoms with Gasteiger partial charge in [-0.05, 0) is 26.0 Å². The Hall–Kier alpha value is -1.33. The quantitative estimate of drug-likeness (QED) is 0.642. The number of aromatic nitrogens is 1. The predicted octanol–water partition coefficient (Wildman–Crippen LogP) is 1.60. The Kier molecular flexibility index (Phi) is 5.18. The van der Waals surface area contributed by atoms with Gasteiger partial charge in [0.05, 0.1) is 24.8 Å². The molecule has 17 heavy (non-hydrogen) atoms. The molecule has 1 aromatic rings. The fourth-order valence-electron chi connectivity index (χ4n) is 1.15. The van der Waals surface area contributed by atoms with Crippen molar-refractivity contribution in [2.45, 2.75) is 19.9 Å². The highest BCUT2D eigenvalue weighted by atomic mass is 35.5. The molecule has 1 N–H and O–H groups in total. The molecule has 0 saturated carbocycles. The van der Waals surface area contributed by atoms with Crippen molar-refractivity contribution in [3.63, 3.8) is 0 Å². The summed E-state index contributed by atoms with van der Waals surface area (Å²) >= 11 is 5.94. The maximum atomic E-state index is 11.4. The van der Waals surface area contributed by atoms with Crippen LogP contribution in [0.4, 0.5) is 5.82 Å². The van der Waals surface area contributed by atoms with Crippen LogP contribution >= 0.6 is 11.8 Å². The first-order valence-corrected chi connectivity index (χ1v) is 5.63. The number of rotatable bonds is 5. The van der Waals surface area contributed by atoms with E-state index in [9.17, 15) is 4.79 Å². The third-order valence-electron chi connectivity index (χ3n) is 2.13. The number of carbonyl (C=O) groups excluding carboxylic acids is 1. The van der Waals surface area contributed by atoms with Gasteiger partial charge in [-0.3, -0.25) is 4.42 Å². The summed E-state index contributed by atoms with van der Waals surface area (Å²) in [6.45, 7) is 3.74. The number of ether oxygens (including phenoxy) is 1. The molecule has 0 unspecified atom stereocenters. The summed E-state index contributed by atoms with van der Waals surface area (Å²) in [7, 11) is 0. The Morgan fingerprint density at radius 3 is 2.82 bits per heavy atom. The number of carbonyl (C=O) groups is 1. The number of halogens is 1. The molecule has 0 aliphatic carbocycles. The van der Waals surface area contributed by atoms with Crippen molar-refractivity contribution in [2.24, 2.45) is 0 Å². The number of esters is 1. The summed E-state index contributed by atoms with van der Waals surface area (Å²) in [5, 5.41) is 8.95. The Bertz CT molecular complexity index is 369. The molecular weight excluding hydrogens is 244 g/mol. The Labute approximate surface area is 105 Å². The molecule has 1 rings (SSSR count). The van der Waals surface area contributed by atoms with Gasteiger partial charge in [-0.2, -0.15) is 0 Å². The van der Waals surface area contributed by atoms with Gasteiger partial charge in [-0.25, -0.2) is 9.78 Å². The van der Waals surface area contributed by atoms with Crippen molar-refractivity contribution in [3.8, 4) is 0 Å². The van der Waals surface area contributed by atoms with Gasteiger partial charge in [-0.1, -0.05) is 0 Å². The maximum absolute atomic E-state index is 11.4. The normalized spacial score (nSPS) is 12.0. The second-order valence-electron chi connectivity index (χ2n) is 3.47. The zero-order valence-electron chi connectivity index (χ0n) is 9.76. The minimum atomic E-state index is -0.414. The number of aliphatic hydroxyl groups is 1. The second-order valence-corrected chi connectivity index (χ2v) is 3.83. The molecule has 0 aliphatic rings. The van der Waals surface area contributed by atoms with E-state index in [4.69, 9.17) is 21.6 Å². The first-order valence-electron chi connectivity index (χ1n) is 5.29. The molecule has 94 valence electrons. The van der Waals surface area contributed by atoms with E-state index in [0.29, 0.717) is 18.0 Å². The largest absolute Gasteiger partial charge is 0.462 e. The van der Waals surface area contributed by atoms with E-state index in [0.717, 1.165) is 0 Å². The zero-order valence-corrected chi connectivity index (χ0v) is 10.5. The van der Waals surface area contributed by atoms with Gasteiger partial charge < -0.3 is 9.84 Å². The van der Waals surface area contributed by atoms with Gasteiger partial charge >= 0.3 is 5.97 Å². The first kappa shape index (κ1) is 13.7. The number of hydrogen-bond donors (Lipinski definition) is 1. The lowest BCUT2D eigenvalue weighted by atomic mass is 10.3. The van der Waals surface area contributed by atoms with Crippen LogP contribution in [0.3, 0.4) is 0 Å². The Balaban J connectivity index is 2.77. The predicted molar refractivity (Wildman–Crippen MR) is 65.1 cm³/mol. The summed E-state index contributed by atoms with van der Waals surface area (Å²) in [4.78, 5) is 15.4. The highest BCUT2D eigenvalue weighted by Crippen LogP contribution is 2.17. The maximum Gasteiger partial charge on any atom is 0.339 e. The average molecular weight is 259 g/mol. The van der Waals surface area contributed by atoms with E-state index < -0.39 is 5.97 Å². The molecule has 0 bridgehead atoms. The van der Waals surface area contributed by atoms with Crippen LogP contribution in [0.2, 0.25) is 0 Å². The molecular formula is C11H15ClN2O3. The standard InChI is InChI=1S/C11H15ClN2O3/c1-3-17-11(16)9-4-5-10(13-6-9)14(12)8(2)7-15/h4-6,8,15H,3,7H2,1-2H3/t8-/m1/s1. The van der Waals surface area contributed by atoms with Crippen molar-refractivity contribution >= 4 is 23.6 Å². The summed E-state index contributed by atoms with van der Waals surface area (Å²) in [6, 6.07) is 2.93. The lowest BCUT2D eigenvalue weighted by molar-refractivity contribution is 0.0526. The molecule has 0 radical (unpaired) electrons. The van der Waals surface area contributed by atoms with Crippen molar-refractivity contribution in [3.05, 3.63) is 23.9 Å². The molecule has 0 fully saturated rings. The molecule has 5 nitrogen and oxygen atoms in total. The summed E-state index contributed by atoms with van der Waals surface area (Å²) in [5.74, 6) is 0.0594. The molecule has 6 heteroatoms. The minimum absolute atomic E-state index is 0.0786. The molecule has 1 aromatic heterocycles. The lowest BCUT2D eigenvalue weighted by Gasteiger charge is -2.20. The number of pyridine rings is 1. The van der Waals surface area contributed by atoms with Crippen molar-refractivity contribution in [1.82, 2.24) is 4.98 Å². The number of nitrogens with zero attached hydrogens (tertiary/aromatic N) is 2. The summed E-state index contributed by atoms with van der Waals surface area (Å²) in [5.41, 5.74) is 0.373. The van der Waals surface area contributed by atoms with Crippen LogP contribution in [0, 0.1) is 0 Å².